The predicted octanol–water partition coefficient (Wildman–Crippen LogP) is 0.902. The van der Waals surface area contributed by atoms with E-state index in [9.17, 15) is 5.11 Å². The van der Waals surface area contributed by atoms with Gasteiger partial charge < -0.3 is 9.84 Å². The maximum atomic E-state index is 9.42. The van der Waals surface area contributed by atoms with Crippen LogP contribution in [0, 0.1) is 5.92 Å². The van der Waals surface area contributed by atoms with E-state index in [0.717, 1.165) is 6.32 Å². The van der Waals surface area contributed by atoms with Crippen LogP contribution in [0.3, 0.4) is 0 Å². The molecule has 1 radical (unpaired) electrons. The maximum Gasteiger partial charge on any atom is 0.155 e. The average molecular weight is 141 g/mol. The third-order valence-electron chi connectivity index (χ3n) is 1.77. The first-order valence-electron chi connectivity index (χ1n) is 3.78. The quantitative estimate of drug-likeness (QED) is 0.508. The van der Waals surface area contributed by atoms with E-state index in [-0.39, 0.29) is 0 Å². The minimum absolute atomic E-state index is 0.550. The highest BCUT2D eigenvalue weighted by atomic mass is 16.6. The van der Waals surface area contributed by atoms with E-state index in [1.165, 1.54) is 0 Å². The number of hydrogen-bond acceptors (Lipinski definition) is 2. The predicted molar refractivity (Wildman–Crippen MR) is 41.1 cm³/mol. The molecular formula is C7H14BO2. The Morgan fingerprint density at radius 1 is 1.70 bits per heavy atom. The van der Waals surface area contributed by atoms with Gasteiger partial charge in [-0.1, -0.05) is 13.2 Å². The summed E-state index contributed by atoms with van der Waals surface area (Å²) in [7, 11) is 2.09. The Morgan fingerprint density at radius 2 is 2.40 bits per heavy atom. The van der Waals surface area contributed by atoms with E-state index in [4.69, 9.17) is 4.74 Å². The Kier molecular flexibility index (Phi) is 2.37. The second-order valence-electron chi connectivity index (χ2n) is 3.32. The number of hydrogen-bond donors (Lipinski definition) is 1. The van der Waals surface area contributed by atoms with Gasteiger partial charge in [0.1, 0.15) is 7.28 Å². The molecule has 1 N–H and O–H groups in total. The zero-order valence-electron chi connectivity index (χ0n) is 6.63. The summed E-state index contributed by atoms with van der Waals surface area (Å²) in [5, 5.41) is 9.42. The lowest BCUT2D eigenvalue weighted by molar-refractivity contribution is -0.178. The molecule has 0 spiro atoms. The molecule has 1 rings (SSSR count). The summed E-state index contributed by atoms with van der Waals surface area (Å²) in [6, 6.07) is 0. The van der Waals surface area contributed by atoms with Crippen molar-refractivity contribution < 1.29 is 9.84 Å². The molecule has 0 bridgehead atoms. The maximum absolute atomic E-state index is 9.42. The van der Waals surface area contributed by atoms with Gasteiger partial charge in [0, 0.05) is 0 Å². The normalized spacial score (nSPS) is 42.1. The van der Waals surface area contributed by atoms with Crippen LogP contribution in [0.2, 0.25) is 12.6 Å². The minimum Gasteiger partial charge on any atom is -0.366 e. The van der Waals surface area contributed by atoms with Crippen molar-refractivity contribution in [3.05, 3.63) is 0 Å². The van der Waals surface area contributed by atoms with Gasteiger partial charge in [-0.3, -0.25) is 0 Å². The van der Waals surface area contributed by atoms with Gasteiger partial charge >= 0.3 is 0 Å². The van der Waals surface area contributed by atoms with Crippen LogP contribution in [0.4, 0.5) is 0 Å². The SMILES string of the molecule is CC1C[B]CC(C)(O)OC1. The van der Waals surface area contributed by atoms with E-state index < -0.39 is 5.79 Å². The molecule has 1 aliphatic heterocycles. The van der Waals surface area contributed by atoms with Crippen LogP contribution in [-0.2, 0) is 4.74 Å². The van der Waals surface area contributed by atoms with E-state index in [1.54, 1.807) is 6.92 Å². The Labute approximate surface area is 62.8 Å². The van der Waals surface area contributed by atoms with Gasteiger partial charge in [-0.05, 0) is 19.2 Å². The molecule has 1 fully saturated rings. The Bertz CT molecular complexity index is 114. The highest BCUT2D eigenvalue weighted by Gasteiger charge is 2.25. The monoisotopic (exact) mass is 141 g/mol. The third kappa shape index (κ3) is 2.31. The van der Waals surface area contributed by atoms with Crippen LogP contribution in [-0.4, -0.2) is 24.8 Å². The first-order chi connectivity index (χ1) is 4.60. The molecule has 2 atom stereocenters. The lowest BCUT2D eigenvalue weighted by Gasteiger charge is -2.21. The van der Waals surface area contributed by atoms with E-state index in [1.807, 2.05) is 0 Å². The Morgan fingerprint density at radius 3 is 3.10 bits per heavy atom. The van der Waals surface area contributed by atoms with Gasteiger partial charge in [-0.15, -0.1) is 0 Å². The second kappa shape index (κ2) is 2.93. The van der Waals surface area contributed by atoms with Gasteiger partial charge in [0.25, 0.3) is 0 Å². The highest BCUT2D eigenvalue weighted by molar-refractivity contribution is 6.35. The molecule has 1 heterocycles. The molecular weight excluding hydrogens is 127 g/mol. The van der Waals surface area contributed by atoms with Crippen LogP contribution in [0.5, 0.6) is 0 Å². The summed E-state index contributed by atoms with van der Waals surface area (Å²) in [6.07, 6.45) is 1.70. The second-order valence-corrected chi connectivity index (χ2v) is 3.32. The summed E-state index contributed by atoms with van der Waals surface area (Å²) >= 11 is 0. The molecule has 57 valence electrons. The van der Waals surface area contributed by atoms with Crippen LogP contribution < -0.4 is 0 Å². The molecule has 0 aromatic heterocycles. The molecule has 10 heavy (non-hydrogen) atoms. The van der Waals surface area contributed by atoms with Crippen LogP contribution in [0.1, 0.15) is 13.8 Å². The van der Waals surface area contributed by atoms with Crippen molar-refractivity contribution in [3.8, 4) is 0 Å². The lowest BCUT2D eigenvalue weighted by atomic mass is 9.66. The summed E-state index contributed by atoms with van der Waals surface area (Å²) in [5.41, 5.74) is 0. The fourth-order valence-electron chi connectivity index (χ4n) is 1.08. The summed E-state index contributed by atoms with van der Waals surface area (Å²) in [5.74, 6) is -0.362. The van der Waals surface area contributed by atoms with Crippen molar-refractivity contribution in [2.24, 2.45) is 5.92 Å². The lowest BCUT2D eigenvalue weighted by Crippen LogP contribution is -2.27. The van der Waals surface area contributed by atoms with Crippen LogP contribution in [0.25, 0.3) is 0 Å². The molecule has 3 heteroatoms. The van der Waals surface area contributed by atoms with Gasteiger partial charge in [0.05, 0.1) is 6.61 Å². The van der Waals surface area contributed by atoms with Crippen molar-refractivity contribution >= 4 is 7.28 Å². The number of ether oxygens (including phenoxy) is 1. The Balaban J connectivity index is 2.41. The third-order valence-corrected chi connectivity index (χ3v) is 1.77. The van der Waals surface area contributed by atoms with E-state index >= 15 is 0 Å². The number of aliphatic hydroxyl groups is 1. The van der Waals surface area contributed by atoms with Crippen LogP contribution in [0.15, 0.2) is 0 Å². The molecule has 2 unspecified atom stereocenters. The van der Waals surface area contributed by atoms with Crippen LogP contribution >= 0.6 is 0 Å². The van der Waals surface area contributed by atoms with Crippen molar-refractivity contribution in [2.45, 2.75) is 32.3 Å². The molecule has 0 aromatic rings. The van der Waals surface area contributed by atoms with Crippen molar-refractivity contribution in [2.75, 3.05) is 6.61 Å². The molecule has 1 aliphatic rings. The molecule has 0 aromatic carbocycles. The minimum atomic E-state index is -0.912. The smallest absolute Gasteiger partial charge is 0.155 e. The largest absolute Gasteiger partial charge is 0.366 e. The van der Waals surface area contributed by atoms with Crippen molar-refractivity contribution in [1.29, 1.82) is 0 Å². The first-order valence-corrected chi connectivity index (χ1v) is 3.78. The molecule has 0 saturated carbocycles. The molecule has 1 saturated heterocycles. The topological polar surface area (TPSA) is 29.5 Å². The first kappa shape index (κ1) is 8.09. The van der Waals surface area contributed by atoms with E-state index in [0.29, 0.717) is 18.8 Å². The Hall–Kier alpha value is -0.0151. The van der Waals surface area contributed by atoms with Gasteiger partial charge in [0.15, 0.2) is 5.79 Å². The fraction of sp³-hybridized carbons (Fsp3) is 1.00. The average Bonchev–Trinajstić information content (AvgIpc) is 1.94. The van der Waals surface area contributed by atoms with E-state index in [2.05, 4.69) is 14.2 Å². The zero-order valence-corrected chi connectivity index (χ0v) is 6.63. The van der Waals surface area contributed by atoms with Gasteiger partial charge in [-0.2, -0.15) is 0 Å². The molecule has 0 aliphatic carbocycles. The summed E-state index contributed by atoms with van der Waals surface area (Å²) < 4.78 is 5.23. The summed E-state index contributed by atoms with van der Waals surface area (Å²) in [4.78, 5) is 0. The van der Waals surface area contributed by atoms with Crippen molar-refractivity contribution in [1.82, 2.24) is 0 Å². The molecule has 0 amide bonds. The molecule has 2 nitrogen and oxygen atoms in total. The van der Waals surface area contributed by atoms with Gasteiger partial charge in [0.2, 0.25) is 0 Å². The highest BCUT2D eigenvalue weighted by Crippen LogP contribution is 2.20. The standard InChI is InChI=1S/C7H14BO2/c1-6-3-8-5-7(2,9)10-4-6/h6,9H,3-5H2,1-2H3. The van der Waals surface area contributed by atoms with Gasteiger partial charge in [-0.25, -0.2) is 0 Å². The van der Waals surface area contributed by atoms with Crippen molar-refractivity contribution in [3.63, 3.8) is 0 Å². The number of rotatable bonds is 0. The fourth-order valence-corrected chi connectivity index (χ4v) is 1.08. The summed E-state index contributed by atoms with van der Waals surface area (Å²) in [6.45, 7) is 4.50. The zero-order chi connectivity index (χ0) is 7.61.